The van der Waals surface area contributed by atoms with Gasteiger partial charge in [-0.1, -0.05) is 36.4 Å². The van der Waals surface area contributed by atoms with E-state index in [9.17, 15) is 0 Å². The van der Waals surface area contributed by atoms with Crippen molar-refractivity contribution >= 4 is 12.6 Å². The fraction of sp³-hybridized carbons (Fsp3) is 0.0769. The van der Waals surface area contributed by atoms with Crippen LogP contribution in [0.3, 0.4) is 0 Å². The Balaban J connectivity index is 1.91. The van der Waals surface area contributed by atoms with Crippen LogP contribution in [0.2, 0.25) is 0 Å². The first-order valence-corrected chi connectivity index (χ1v) is 5.32. The van der Waals surface area contributed by atoms with Crippen molar-refractivity contribution in [3.63, 3.8) is 0 Å². The van der Waals surface area contributed by atoms with Crippen LogP contribution in [0.25, 0.3) is 0 Å². The molecule has 2 aromatic carbocycles. The van der Waals surface area contributed by atoms with Gasteiger partial charge in [0.2, 0.25) is 0 Å². The van der Waals surface area contributed by atoms with Crippen LogP contribution in [0.5, 0.6) is 11.5 Å². The molecule has 0 N–H and O–H groups in total. The number of fused-ring (bicyclic) bond motifs is 1. The van der Waals surface area contributed by atoms with Gasteiger partial charge in [-0.15, -0.1) is 0 Å². The van der Waals surface area contributed by atoms with E-state index in [1.165, 1.54) is 5.56 Å². The molecule has 0 spiro atoms. The van der Waals surface area contributed by atoms with Gasteiger partial charge in [0.15, 0.2) is 0 Å². The average Bonchev–Trinajstić information content (AvgIpc) is 2.73. The van der Waals surface area contributed by atoms with Gasteiger partial charge in [-0.25, -0.2) is 0 Å². The second kappa shape index (κ2) is 3.60. The van der Waals surface area contributed by atoms with Crippen LogP contribution in [-0.4, -0.2) is 7.12 Å². The summed E-state index contributed by atoms with van der Waals surface area (Å²) >= 11 is 0. The number of hydrogen-bond donors (Lipinski definition) is 0. The molecule has 3 rings (SSSR count). The van der Waals surface area contributed by atoms with Gasteiger partial charge in [0, 0.05) is 5.46 Å². The molecule has 0 radical (unpaired) electrons. The molecule has 0 unspecified atom stereocenters. The minimum atomic E-state index is -0.307. The van der Waals surface area contributed by atoms with Gasteiger partial charge >= 0.3 is 7.12 Å². The van der Waals surface area contributed by atoms with E-state index in [1.807, 2.05) is 55.5 Å². The lowest BCUT2D eigenvalue weighted by atomic mass is 9.79. The summed E-state index contributed by atoms with van der Waals surface area (Å²) in [4.78, 5) is 0. The second-order valence-corrected chi connectivity index (χ2v) is 3.93. The standard InChI is InChI=1S/C13H11BO2/c1-10-7-8-12-13(9-10)16-14(15-12)11-5-3-2-4-6-11/h2-9H,1H3. The van der Waals surface area contributed by atoms with E-state index in [0.717, 1.165) is 17.0 Å². The smallest absolute Gasteiger partial charge is 0.519 e. The first-order valence-electron chi connectivity index (χ1n) is 5.32. The predicted octanol–water partition coefficient (Wildman–Crippen LogP) is 2.16. The molecular weight excluding hydrogens is 199 g/mol. The van der Waals surface area contributed by atoms with E-state index in [-0.39, 0.29) is 7.12 Å². The summed E-state index contributed by atoms with van der Waals surface area (Å²) < 4.78 is 11.5. The molecule has 0 saturated heterocycles. The summed E-state index contributed by atoms with van der Waals surface area (Å²) in [6.07, 6.45) is 0. The van der Waals surface area contributed by atoms with Crippen LogP contribution in [-0.2, 0) is 0 Å². The summed E-state index contributed by atoms with van der Waals surface area (Å²) in [6, 6.07) is 15.9. The fourth-order valence-electron chi connectivity index (χ4n) is 1.81. The Morgan fingerprint density at radius 1 is 0.875 bits per heavy atom. The second-order valence-electron chi connectivity index (χ2n) is 3.93. The van der Waals surface area contributed by atoms with Gasteiger partial charge < -0.3 is 9.31 Å². The normalized spacial score (nSPS) is 12.9. The van der Waals surface area contributed by atoms with Crippen LogP contribution in [0, 0.1) is 6.92 Å². The molecule has 0 aliphatic carbocycles. The Hall–Kier alpha value is -1.90. The molecule has 1 aliphatic rings. The van der Waals surface area contributed by atoms with E-state index < -0.39 is 0 Å². The lowest BCUT2D eigenvalue weighted by Gasteiger charge is -2.03. The zero-order chi connectivity index (χ0) is 11.0. The lowest BCUT2D eigenvalue weighted by molar-refractivity contribution is 0.519. The van der Waals surface area contributed by atoms with Crippen molar-refractivity contribution in [1.29, 1.82) is 0 Å². The van der Waals surface area contributed by atoms with Crippen molar-refractivity contribution in [1.82, 2.24) is 0 Å². The van der Waals surface area contributed by atoms with E-state index in [2.05, 4.69) is 0 Å². The quantitative estimate of drug-likeness (QED) is 0.671. The Bertz CT molecular complexity index is 511. The Kier molecular flexibility index (Phi) is 2.10. The fourth-order valence-corrected chi connectivity index (χ4v) is 1.81. The summed E-state index contributed by atoms with van der Waals surface area (Å²) in [7, 11) is -0.307. The highest BCUT2D eigenvalue weighted by Crippen LogP contribution is 2.33. The van der Waals surface area contributed by atoms with Crippen molar-refractivity contribution in [2.24, 2.45) is 0 Å². The van der Waals surface area contributed by atoms with Crippen LogP contribution < -0.4 is 14.8 Å². The van der Waals surface area contributed by atoms with E-state index in [1.54, 1.807) is 0 Å². The molecule has 3 heteroatoms. The number of hydrogen-bond acceptors (Lipinski definition) is 2. The topological polar surface area (TPSA) is 18.5 Å². The number of rotatable bonds is 1. The molecule has 78 valence electrons. The van der Waals surface area contributed by atoms with E-state index in [4.69, 9.17) is 9.31 Å². The largest absolute Gasteiger partial charge is 0.632 e. The third-order valence-electron chi connectivity index (χ3n) is 2.64. The van der Waals surface area contributed by atoms with Crippen molar-refractivity contribution < 1.29 is 9.31 Å². The Morgan fingerprint density at radius 2 is 1.62 bits per heavy atom. The van der Waals surface area contributed by atoms with Gasteiger partial charge in [-0.2, -0.15) is 0 Å². The van der Waals surface area contributed by atoms with E-state index >= 15 is 0 Å². The van der Waals surface area contributed by atoms with Gasteiger partial charge in [-0.3, -0.25) is 0 Å². The maximum Gasteiger partial charge on any atom is 0.632 e. The van der Waals surface area contributed by atoms with Gasteiger partial charge in [0.05, 0.1) is 0 Å². The van der Waals surface area contributed by atoms with Crippen LogP contribution in [0.4, 0.5) is 0 Å². The number of aryl methyl sites for hydroxylation is 1. The molecule has 0 amide bonds. The molecule has 0 fully saturated rings. The molecule has 0 bridgehead atoms. The van der Waals surface area contributed by atoms with Crippen LogP contribution >= 0.6 is 0 Å². The highest BCUT2D eigenvalue weighted by atomic mass is 16.6. The lowest BCUT2D eigenvalue weighted by Crippen LogP contribution is -2.38. The first kappa shape index (κ1) is 9.34. The van der Waals surface area contributed by atoms with Crippen molar-refractivity contribution in [2.75, 3.05) is 0 Å². The molecule has 0 saturated carbocycles. The highest BCUT2D eigenvalue weighted by molar-refractivity contribution is 6.63. The monoisotopic (exact) mass is 210 g/mol. The molecule has 2 nitrogen and oxygen atoms in total. The molecule has 0 atom stereocenters. The summed E-state index contributed by atoms with van der Waals surface area (Å²) in [6.45, 7) is 2.04. The van der Waals surface area contributed by atoms with Crippen molar-refractivity contribution in [3.8, 4) is 11.5 Å². The number of benzene rings is 2. The Morgan fingerprint density at radius 3 is 2.44 bits per heavy atom. The predicted molar refractivity (Wildman–Crippen MR) is 64.3 cm³/mol. The van der Waals surface area contributed by atoms with Crippen LogP contribution in [0.15, 0.2) is 48.5 Å². The van der Waals surface area contributed by atoms with Crippen molar-refractivity contribution in [2.45, 2.75) is 6.92 Å². The summed E-state index contributed by atoms with van der Waals surface area (Å²) in [5.41, 5.74) is 2.22. The molecule has 2 aromatic rings. The molecular formula is C13H11BO2. The maximum atomic E-state index is 5.75. The van der Waals surface area contributed by atoms with Crippen LogP contribution in [0.1, 0.15) is 5.56 Å². The minimum absolute atomic E-state index is 0.307. The van der Waals surface area contributed by atoms with Crippen molar-refractivity contribution in [3.05, 3.63) is 54.1 Å². The molecule has 1 heterocycles. The third kappa shape index (κ3) is 1.54. The van der Waals surface area contributed by atoms with Gasteiger partial charge in [-0.05, 0) is 24.6 Å². The maximum absolute atomic E-state index is 5.75. The third-order valence-corrected chi connectivity index (χ3v) is 2.64. The minimum Gasteiger partial charge on any atom is -0.519 e. The summed E-state index contributed by atoms with van der Waals surface area (Å²) in [5.74, 6) is 1.65. The molecule has 1 aliphatic heterocycles. The van der Waals surface area contributed by atoms with Gasteiger partial charge in [0.1, 0.15) is 11.5 Å². The van der Waals surface area contributed by atoms with E-state index in [0.29, 0.717) is 0 Å². The zero-order valence-corrected chi connectivity index (χ0v) is 9.01. The highest BCUT2D eigenvalue weighted by Gasteiger charge is 2.33. The molecule has 16 heavy (non-hydrogen) atoms. The SMILES string of the molecule is Cc1ccc2c(c1)OB(c1ccccc1)O2. The molecule has 0 aromatic heterocycles. The Labute approximate surface area is 95.0 Å². The first-order chi connectivity index (χ1) is 7.83. The summed E-state index contributed by atoms with van der Waals surface area (Å²) in [5, 5.41) is 0. The van der Waals surface area contributed by atoms with Gasteiger partial charge in [0.25, 0.3) is 0 Å². The zero-order valence-electron chi connectivity index (χ0n) is 9.01. The average molecular weight is 210 g/mol.